The second-order valence-corrected chi connectivity index (χ2v) is 4.29. The highest BCUT2D eigenvalue weighted by atomic mass is 14.6. The fraction of sp³-hybridized carbons (Fsp3) is 0.133. The van der Waals surface area contributed by atoms with Gasteiger partial charge in [0.1, 0.15) is 0 Å². The van der Waals surface area contributed by atoms with E-state index in [-0.39, 0.29) is 0 Å². The standard InChI is InChI=1S/C15H17N3/c1-11(16)13-4-2-3-5-14(13)15(17)10-12-6-8-18-9-7-12/h2-9H,10,16-17H2,1H3/b13-11-,15-14-. The first-order chi connectivity index (χ1) is 8.68. The first-order valence-electron chi connectivity index (χ1n) is 5.87. The lowest BCUT2D eigenvalue weighted by Crippen LogP contribution is -2.33. The molecule has 0 aliphatic heterocycles. The van der Waals surface area contributed by atoms with E-state index in [9.17, 15) is 0 Å². The summed E-state index contributed by atoms with van der Waals surface area (Å²) < 4.78 is 0. The summed E-state index contributed by atoms with van der Waals surface area (Å²) in [6.45, 7) is 1.89. The number of hydrogen-bond donors (Lipinski definition) is 2. The predicted molar refractivity (Wildman–Crippen MR) is 74.5 cm³/mol. The van der Waals surface area contributed by atoms with Gasteiger partial charge in [-0.3, -0.25) is 4.98 Å². The van der Waals surface area contributed by atoms with Gasteiger partial charge in [-0.2, -0.15) is 0 Å². The van der Waals surface area contributed by atoms with E-state index in [1.807, 2.05) is 43.3 Å². The molecular weight excluding hydrogens is 222 g/mol. The van der Waals surface area contributed by atoms with Gasteiger partial charge in [0.2, 0.25) is 0 Å². The van der Waals surface area contributed by atoms with Crippen LogP contribution in [-0.4, -0.2) is 4.98 Å². The van der Waals surface area contributed by atoms with Crippen LogP contribution in [0.4, 0.5) is 0 Å². The predicted octanol–water partition coefficient (Wildman–Crippen LogP) is 0.478. The Hall–Kier alpha value is -2.29. The summed E-state index contributed by atoms with van der Waals surface area (Å²) in [5.74, 6) is 0. The Labute approximate surface area is 106 Å². The molecule has 0 bridgehead atoms. The molecule has 3 nitrogen and oxygen atoms in total. The topological polar surface area (TPSA) is 64.9 Å². The fourth-order valence-corrected chi connectivity index (χ4v) is 1.92. The van der Waals surface area contributed by atoms with Gasteiger partial charge in [-0.25, -0.2) is 0 Å². The lowest BCUT2D eigenvalue weighted by molar-refractivity contribution is 1.18. The zero-order valence-electron chi connectivity index (χ0n) is 10.4. The zero-order chi connectivity index (χ0) is 13.0. The molecule has 0 spiro atoms. The highest BCUT2D eigenvalue weighted by Gasteiger charge is 1.98. The quantitative estimate of drug-likeness (QED) is 0.801. The monoisotopic (exact) mass is 239 g/mol. The van der Waals surface area contributed by atoms with Crippen LogP contribution in [0.1, 0.15) is 12.5 Å². The minimum Gasteiger partial charge on any atom is -0.402 e. The maximum Gasteiger partial charge on any atom is 0.0270 e. The highest BCUT2D eigenvalue weighted by molar-refractivity contribution is 5.49. The molecule has 0 aliphatic rings. The van der Waals surface area contributed by atoms with Crippen LogP contribution in [-0.2, 0) is 6.42 Å². The molecule has 0 fully saturated rings. The van der Waals surface area contributed by atoms with E-state index >= 15 is 0 Å². The van der Waals surface area contributed by atoms with Crippen LogP contribution < -0.4 is 21.9 Å². The zero-order valence-corrected chi connectivity index (χ0v) is 10.4. The number of nitrogens with two attached hydrogens (primary N) is 2. The summed E-state index contributed by atoms with van der Waals surface area (Å²) in [7, 11) is 0. The van der Waals surface area contributed by atoms with E-state index in [2.05, 4.69) is 4.98 Å². The molecule has 1 aromatic heterocycles. The Morgan fingerprint density at radius 2 is 1.61 bits per heavy atom. The van der Waals surface area contributed by atoms with Crippen LogP contribution in [0, 0.1) is 0 Å². The molecule has 0 aliphatic carbocycles. The van der Waals surface area contributed by atoms with Crippen molar-refractivity contribution in [1.82, 2.24) is 4.98 Å². The Bertz CT molecular complexity index is 641. The maximum atomic E-state index is 6.19. The van der Waals surface area contributed by atoms with Gasteiger partial charge in [0.05, 0.1) is 0 Å². The number of hydrogen-bond acceptors (Lipinski definition) is 3. The molecule has 1 heterocycles. The molecule has 3 heteroatoms. The second kappa shape index (κ2) is 5.36. The van der Waals surface area contributed by atoms with Crippen molar-refractivity contribution in [3.63, 3.8) is 0 Å². The van der Waals surface area contributed by atoms with E-state index in [0.29, 0.717) is 6.42 Å². The van der Waals surface area contributed by atoms with E-state index < -0.39 is 0 Å². The van der Waals surface area contributed by atoms with Crippen molar-refractivity contribution in [2.24, 2.45) is 11.5 Å². The molecule has 0 amide bonds. The van der Waals surface area contributed by atoms with Crippen molar-refractivity contribution < 1.29 is 0 Å². The molecule has 18 heavy (non-hydrogen) atoms. The third-order valence-corrected chi connectivity index (χ3v) is 2.84. The smallest absolute Gasteiger partial charge is 0.0270 e. The Morgan fingerprint density at radius 3 is 2.22 bits per heavy atom. The molecule has 2 rings (SSSR count). The third-order valence-electron chi connectivity index (χ3n) is 2.84. The van der Waals surface area contributed by atoms with Crippen molar-refractivity contribution in [3.05, 3.63) is 64.8 Å². The summed E-state index contributed by atoms with van der Waals surface area (Å²) in [5, 5.41) is 2.01. The van der Waals surface area contributed by atoms with Crippen LogP contribution in [0.2, 0.25) is 0 Å². The number of pyridine rings is 1. The van der Waals surface area contributed by atoms with E-state index in [1.54, 1.807) is 12.4 Å². The van der Waals surface area contributed by atoms with Gasteiger partial charge in [0, 0.05) is 40.6 Å². The molecule has 0 saturated carbocycles. The number of aromatic nitrogens is 1. The molecule has 0 atom stereocenters. The van der Waals surface area contributed by atoms with Crippen molar-refractivity contribution in [2.75, 3.05) is 0 Å². The van der Waals surface area contributed by atoms with Gasteiger partial charge in [-0.15, -0.1) is 0 Å². The van der Waals surface area contributed by atoms with Crippen LogP contribution in [0.15, 0.2) is 48.8 Å². The average Bonchev–Trinajstić information content (AvgIpc) is 2.40. The summed E-state index contributed by atoms with van der Waals surface area (Å²) in [6, 6.07) is 11.9. The first-order valence-corrected chi connectivity index (χ1v) is 5.87. The minimum atomic E-state index is 0.701. The Kier molecular flexibility index (Phi) is 3.63. The van der Waals surface area contributed by atoms with Crippen LogP contribution in [0.3, 0.4) is 0 Å². The second-order valence-electron chi connectivity index (χ2n) is 4.29. The summed E-state index contributed by atoms with van der Waals surface area (Å²) in [6.07, 6.45) is 4.25. The molecule has 4 N–H and O–H groups in total. The van der Waals surface area contributed by atoms with Gasteiger partial charge in [0.25, 0.3) is 0 Å². The van der Waals surface area contributed by atoms with Crippen molar-refractivity contribution in [3.8, 4) is 0 Å². The number of rotatable bonds is 2. The van der Waals surface area contributed by atoms with Gasteiger partial charge < -0.3 is 11.5 Å². The highest BCUT2D eigenvalue weighted by Crippen LogP contribution is 2.01. The van der Waals surface area contributed by atoms with Crippen LogP contribution in [0.25, 0.3) is 11.4 Å². The minimum absolute atomic E-state index is 0.701. The molecule has 1 aromatic carbocycles. The lowest BCUT2D eigenvalue weighted by atomic mass is 10.1. The van der Waals surface area contributed by atoms with Gasteiger partial charge in [-0.1, -0.05) is 24.3 Å². The molecule has 0 radical (unpaired) electrons. The van der Waals surface area contributed by atoms with E-state index in [1.165, 1.54) is 0 Å². The van der Waals surface area contributed by atoms with Gasteiger partial charge >= 0.3 is 0 Å². The van der Waals surface area contributed by atoms with Crippen molar-refractivity contribution in [1.29, 1.82) is 0 Å². The molecule has 92 valence electrons. The van der Waals surface area contributed by atoms with Gasteiger partial charge in [0.15, 0.2) is 0 Å². The van der Waals surface area contributed by atoms with Crippen molar-refractivity contribution in [2.45, 2.75) is 13.3 Å². The molecule has 0 saturated heterocycles. The largest absolute Gasteiger partial charge is 0.402 e. The van der Waals surface area contributed by atoms with Crippen molar-refractivity contribution >= 4 is 11.4 Å². The van der Waals surface area contributed by atoms with E-state index in [0.717, 1.165) is 27.4 Å². The number of benzene rings is 1. The van der Waals surface area contributed by atoms with Crippen LogP contribution in [0.5, 0.6) is 0 Å². The Balaban J connectivity index is 2.53. The SMILES string of the molecule is C/C(N)=c1\cccc\c1=C(\N)Cc1ccncc1. The Morgan fingerprint density at radius 1 is 1.00 bits per heavy atom. The van der Waals surface area contributed by atoms with Gasteiger partial charge in [-0.05, 0) is 24.6 Å². The maximum absolute atomic E-state index is 6.19. The lowest BCUT2D eigenvalue weighted by Gasteiger charge is -2.03. The number of nitrogens with zero attached hydrogens (tertiary/aromatic N) is 1. The normalized spacial score (nSPS) is 14.1. The van der Waals surface area contributed by atoms with E-state index in [4.69, 9.17) is 11.5 Å². The summed E-state index contributed by atoms with van der Waals surface area (Å²) in [5.41, 5.74) is 14.8. The van der Waals surface area contributed by atoms with Crippen LogP contribution >= 0.6 is 0 Å². The average molecular weight is 239 g/mol. The molecule has 2 aromatic rings. The first kappa shape index (κ1) is 12.2. The molecule has 0 unspecified atom stereocenters. The molecular formula is C15H17N3. The summed E-state index contributed by atoms with van der Waals surface area (Å²) in [4.78, 5) is 4.00. The summed E-state index contributed by atoms with van der Waals surface area (Å²) >= 11 is 0. The fourth-order valence-electron chi connectivity index (χ4n) is 1.92. The third kappa shape index (κ3) is 2.69.